The average Bonchev–Trinajstić information content (AvgIpc) is 2.51. The summed E-state index contributed by atoms with van der Waals surface area (Å²) in [5.74, 6) is 0.143. The van der Waals surface area contributed by atoms with Crippen molar-refractivity contribution in [3.63, 3.8) is 0 Å². The van der Waals surface area contributed by atoms with Gasteiger partial charge in [-0.05, 0) is 19.8 Å². The number of nitrogens with two attached hydrogens (primary N) is 1. The minimum Gasteiger partial charge on any atom is -0.465 e. The van der Waals surface area contributed by atoms with Gasteiger partial charge in [-0.3, -0.25) is 9.69 Å². The van der Waals surface area contributed by atoms with Gasteiger partial charge in [-0.15, -0.1) is 0 Å². The van der Waals surface area contributed by atoms with Crippen molar-refractivity contribution in [3.05, 3.63) is 17.0 Å². The molecule has 2 rings (SSSR count). The number of hydrogen-bond acceptors (Lipinski definition) is 6. The summed E-state index contributed by atoms with van der Waals surface area (Å²) in [5, 5.41) is 0.345. The van der Waals surface area contributed by atoms with Gasteiger partial charge in [-0.2, -0.15) is 0 Å². The number of nitrogens with zero attached hydrogens (tertiary/aromatic N) is 3. The summed E-state index contributed by atoms with van der Waals surface area (Å²) in [4.78, 5) is 22.0. The van der Waals surface area contributed by atoms with Crippen LogP contribution in [0.5, 0.6) is 0 Å². The Morgan fingerprint density at radius 1 is 1.41 bits per heavy atom. The van der Waals surface area contributed by atoms with Crippen molar-refractivity contribution >= 4 is 23.4 Å². The molecule has 0 spiro atoms. The molecule has 1 aliphatic carbocycles. The molecular formula is C15H23ClN4O2. The zero-order chi connectivity index (χ0) is 15.9. The molecule has 1 saturated carbocycles. The van der Waals surface area contributed by atoms with E-state index in [2.05, 4.69) is 14.9 Å². The van der Waals surface area contributed by atoms with Crippen LogP contribution in [-0.4, -0.2) is 40.0 Å². The van der Waals surface area contributed by atoms with Crippen molar-refractivity contribution in [1.82, 2.24) is 14.9 Å². The molecule has 0 amide bonds. The molecule has 0 unspecified atom stereocenters. The normalized spacial score (nSPS) is 16.0. The predicted molar refractivity (Wildman–Crippen MR) is 85.4 cm³/mol. The highest BCUT2D eigenvalue weighted by Gasteiger charge is 2.25. The fourth-order valence-corrected chi connectivity index (χ4v) is 3.09. The second-order valence-corrected chi connectivity index (χ2v) is 5.89. The maximum Gasteiger partial charge on any atom is 0.320 e. The molecule has 0 aromatic carbocycles. The van der Waals surface area contributed by atoms with Crippen molar-refractivity contribution in [2.24, 2.45) is 0 Å². The van der Waals surface area contributed by atoms with Crippen LogP contribution in [0.3, 0.4) is 0 Å². The number of esters is 1. The number of rotatable bonds is 6. The number of anilines is 1. The molecule has 7 heteroatoms. The van der Waals surface area contributed by atoms with Gasteiger partial charge in [0.1, 0.15) is 17.3 Å². The monoisotopic (exact) mass is 326 g/mol. The summed E-state index contributed by atoms with van der Waals surface area (Å²) >= 11 is 6.14. The quantitative estimate of drug-likeness (QED) is 0.638. The first-order chi connectivity index (χ1) is 10.6. The Morgan fingerprint density at radius 3 is 2.77 bits per heavy atom. The summed E-state index contributed by atoms with van der Waals surface area (Å²) < 4.78 is 5.09. The lowest BCUT2D eigenvalue weighted by Crippen LogP contribution is -2.40. The molecule has 0 bridgehead atoms. The van der Waals surface area contributed by atoms with Gasteiger partial charge in [0.25, 0.3) is 0 Å². The molecule has 22 heavy (non-hydrogen) atoms. The molecule has 0 atom stereocenters. The van der Waals surface area contributed by atoms with E-state index in [1.54, 1.807) is 0 Å². The Labute approximate surface area is 136 Å². The number of carbonyl (C=O) groups excluding carboxylic acids is 1. The largest absolute Gasteiger partial charge is 0.465 e. The highest BCUT2D eigenvalue weighted by molar-refractivity contribution is 6.30. The molecule has 1 aliphatic rings. The second kappa shape index (κ2) is 8.29. The fraction of sp³-hybridized carbons (Fsp3) is 0.667. The Kier molecular flexibility index (Phi) is 6.39. The van der Waals surface area contributed by atoms with Crippen LogP contribution in [0, 0.1) is 0 Å². The summed E-state index contributed by atoms with van der Waals surface area (Å²) in [7, 11) is 0. The van der Waals surface area contributed by atoms with Crippen molar-refractivity contribution in [3.8, 4) is 0 Å². The molecule has 6 nitrogen and oxygen atoms in total. The maximum atomic E-state index is 11.9. The SMILES string of the molecule is CCOC(=O)CN(Cc1c(N)ncnc1Cl)C1CCCCC1. The topological polar surface area (TPSA) is 81.3 Å². The first-order valence-corrected chi connectivity index (χ1v) is 8.14. The minimum absolute atomic E-state index is 0.223. The lowest BCUT2D eigenvalue weighted by atomic mass is 9.94. The van der Waals surface area contributed by atoms with Crippen molar-refractivity contribution in [2.75, 3.05) is 18.9 Å². The number of aromatic nitrogens is 2. The Bertz CT molecular complexity index is 486. The summed E-state index contributed by atoms with van der Waals surface area (Å²) in [5.41, 5.74) is 6.59. The molecule has 1 fully saturated rings. The Morgan fingerprint density at radius 2 is 2.14 bits per heavy atom. The van der Waals surface area contributed by atoms with Crippen LogP contribution in [-0.2, 0) is 16.1 Å². The third-order valence-corrected chi connectivity index (χ3v) is 4.34. The van der Waals surface area contributed by atoms with Gasteiger partial charge in [0.2, 0.25) is 0 Å². The van der Waals surface area contributed by atoms with Crippen molar-refractivity contribution in [1.29, 1.82) is 0 Å². The van der Waals surface area contributed by atoms with Crippen LogP contribution < -0.4 is 5.73 Å². The van der Waals surface area contributed by atoms with Crippen LogP contribution >= 0.6 is 11.6 Å². The second-order valence-electron chi connectivity index (χ2n) is 5.53. The molecule has 0 saturated heterocycles. The van der Waals surface area contributed by atoms with Crippen LogP contribution in [0.2, 0.25) is 5.15 Å². The van der Waals surface area contributed by atoms with Crippen LogP contribution in [0.15, 0.2) is 6.33 Å². The highest BCUT2D eigenvalue weighted by Crippen LogP contribution is 2.26. The van der Waals surface area contributed by atoms with Gasteiger partial charge in [0, 0.05) is 18.2 Å². The first kappa shape index (κ1) is 17.0. The Hall–Kier alpha value is -1.40. The lowest BCUT2D eigenvalue weighted by Gasteiger charge is -2.33. The van der Waals surface area contributed by atoms with Crippen molar-refractivity contribution < 1.29 is 9.53 Å². The third kappa shape index (κ3) is 4.55. The van der Waals surface area contributed by atoms with E-state index >= 15 is 0 Å². The van der Waals surface area contributed by atoms with Gasteiger partial charge in [-0.1, -0.05) is 30.9 Å². The molecule has 0 radical (unpaired) electrons. The molecule has 2 N–H and O–H groups in total. The zero-order valence-corrected chi connectivity index (χ0v) is 13.7. The van der Waals surface area contributed by atoms with Gasteiger partial charge in [0.15, 0.2) is 0 Å². The molecular weight excluding hydrogens is 304 g/mol. The smallest absolute Gasteiger partial charge is 0.320 e. The summed E-state index contributed by atoms with van der Waals surface area (Å²) in [6.07, 6.45) is 7.10. The zero-order valence-electron chi connectivity index (χ0n) is 12.9. The number of halogens is 1. The molecule has 1 aromatic heterocycles. The van der Waals surface area contributed by atoms with E-state index in [0.29, 0.717) is 35.7 Å². The van der Waals surface area contributed by atoms with E-state index in [0.717, 1.165) is 12.8 Å². The number of carbonyl (C=O) groups is 1. The van der Waals surface area contributed by atoms with E-state index in [9.17, 15) is 4.79 Å². The third-order valence-electron chi connectivity index (χ3n) is 4.02. The maximum absolute atomic E-state index is 11.9. The molecule has 1 heterocycles. The van der Waals surface area contributed by atoms with Gasteiger partial charge in [-0.25, -0.2) is 9.97 Å². The number of hydrogen-bond donors (Lipinski definition) is 1. The molecule has 0 aliphatic heterocycles. The molecule has 1 aromatic rings. The van der Waals surface area contributed by atoms with E-state index in [-0.39, 0.29) is 12.5 Å². The average molecular weight is 327 g/mol. The van der Waals surface area contributed by atoms with Crippen LogP contribution in [0.4, 0.5) is 5.82 Å². The van der Waals surface area contributed by atoms with Crippen LogP contribution in [0.1, 0.15) is 44.6 Å². The number of nitrogen functional groups attached to an aromatic ring is 1. The van der Waals surface area contributed by atoms with Gasteiger partial charge in [0.05, 0.1) is 13.2 Å². The lowest BCUT2D eigenvalue weighted by molar-refractivity contribution is -0.145. The highest BCUT2D eigenvalue weighted by atomic mass is 35.5. The Balaban J connectivity index is 2.14. The minimum atomic E-state index is -0.223. The van der Waals surface area contributed by atoms with E-state index in [1.807, 2.05) is 6.92 Å². The number of ether oxygens (including phenoxy) is 1. The standard InChI is InChI=1S/C15H23ClN4O2/c1-2-22-13(21)9-20(11-6-4-3-5-7-11)8-12-14(16)18-10-19-15(12)17/h10-11H,2-9H2,1H3,(H2,17,18,19). The van der Waals surface area contributed by atoms with E-state index in [1.165, 1.54) is 25.6 Å². The first-order valence-electron chi connectivity index (χ1n) is 7.76. The fourth-order valence-electron chi connectivity index (χ4n) is 2.89. The van der Waals surface area contributed by atoms with Gasteiger partial charge < -0.3 is 10.5 Å². The van der Waals surface area contributed by atoms with Gasteiger partial charge >= 0.3 is 5.97 Å². The summed E-state index contributed by atoms with van der Waals surface area (Å²) in [6, 6.07) is 0.342. The van der Waals surface area contributed by atoms with E-state index in [4.69, 9.17) is 22.1 Å². The predicted octanol–water partition coefficient (Wildman–Crippen LogP) is 2.41. The summed E-state index contributed by atoms with van der Waals surface area (Å²) in [6.45, 7) is 2.90. The van der Waals surface area contributed by atoms with E-state index < -0.39 is 0 Å². The van der Waals surface area contributed by atoms with Crippen molar-refractivity contribution in [2.45, 2.75) is 51.6 Å². The van der Waals surface area contributed by atoms with Crippen LogP contribution in [0.25, 0.3) is 0 Å². The molecule has 122 valence electrons.